The zero-order chi connectivity index (χ0) is 15.8. The molecule has 2 aromatic rings. The van der Waals surface area contributed by atoms with Crippen LogP contribution in [0.3, 0.4) is 0 Å². The van der Waals surface area contributed by atoms with E-state index in [1.807, 2.05) is 6.92 Å². The van der Waals surface area contributed by atoms with Crippen molar-refractivity contribution in [2.24, 2.45) is 0 Å². The fourth-order valence-electron chi connectivity index (χ4n) is 1.68. The fourth-order valence-corrected chi connectivity index (χ4v) is 4.66. The molecule has 0 unspecified atom stereocenters. The summed E-state index contributed by atoms with van der Waals surface area (Å²) in [6, 6.07) is 6.38. The molecule has 0 amide bonds. The molecule has 2 rings (SSSR count). The van der Waals surface area contributed by atoms with Gasteiger partial charge in [-0.25, -0.2) is 17.2 Å². The van der Waals surface area contributed by atoms with E-state index < -0.39 is 26.6 Å². The zero-order valence-electron chi connectivity index (χ0n) is 10.6. The summed E-state index contributed by atoms with van der Waals surface area (Å²) in [6.45, 7) is 1.85. The van der Waals surface area contributed by atoms with Gasteiger partial charge in [-0.05, 0) is 62.5 Å². The van der Waals surface area contributed by atoms with Crippen molar-refractivity contribution in [2.75, 3.05) is 4.72 Å². The van der Waals surface area contributed by atoms with Gasteiger partial charge in [0.25, 0.3) is 10.0 Å². The smallest absolute Gasteiger partial charge is 0.265 e. The molecule has 0 fully saturated rings. The second-order valence-corrected chi connectivity index (χ2v) is 7.62. The summed E-state index contributed by atoms with van der Waals surface area (Å²) in [4.78, 5) is -0.642. The van der Waals surface area contributed by atoms with Gasteiger partial charge in [-0.2, -0.15) is 0 Å². The lowest BCUT2D eigenvalue weighted by atomic mass is 10.2. The first-order valence-electron chi connectivity index (χ1n) is 5.64. The van der Waals surface area contributed by atoms with Gasteiger partial charge in [-0.15, -0.1) is 0 Å². The van der Waals surface area contributed by atoms with E-state index in [-0.39, 0.29) is 10.2 Å². The van der Waals surface area contributed by atoms with E-state index in [0.29, 0.717) is 10.5 Å². The van der Waals surface area contributed by atoms with Gasteiger partial charge in [0.2, 0.25) is 0 Å². The molecule has 0 saturated heterocycles. The predicted molar refractivity (Wildman–Crippen MR) is 83.7 cm³/mol. The maximum atomic E-state index is 13.8. The molecule has 3 nitrogen and oxygen atoms in total. The molecule has 21 heavy (non-hydrogen) atoms. The molecular weight excluding hydrogens is 432 g/mol. The van der Waals surface area contributed by atoms with Crippen molar-refractivity contribution >= 4 is 47.6 Å². The van der Waals surface area contributed by atoms with Crippen molar-refractivity contribution in [2.45, 2.75) is 11.8 Å². The molecule has 2 aromatic carbocycles. The summed E-state index contributed by atoms with van der Waals surface area (Å²) in [5.74, 6) is -2.03. The lowest BCUT2D eigenvalue weighted by Gasteiger charge is -2.12. The highest BCUT2D eigenvalue weighted by Gasteiger charge is 2.24. The standard InChI is InChI=1S/C13H9Br2F2NO2S/c1-7-2-3-12(9(14)4-7)18-21(19,20)13-10(15)5-8(16)6-11(13)17/h2-6,18H,1H3. The van der Waals surface area contributed by atoms with Gasteiger partial charge >= 0.3 is 0 Å². The third kappa shape index (κ3) is 3.61. The molecule has 8 heteroatoms. The molecule has 0 radical (unpaired) electrons. The van der Waals surface area contributed by atoms with E-state index in [1.165, 1.54) is 0 Å². The zero-order valence-corrected chi connectivity index (χ0v) is 14.6. The number of rotatable bonds is 3. The van der Waals surface area contributed by atoms with Crippen LogP contribution in [0.1, 0.15) is 5.56 Å². The molecule has 1 N–H and O–H groups in total. The topological polar surface area (TPSA) is 46.2 Å². The Morgan fingerprint density at radius 3 is 2.29 bits per heavy atom. The van der Waals surface area contributed by atoms with E-state index in [0.717, 1.165) is 11.6 Å². The quantitative estimate of drug-likeness (QED) is 0.758. The number of hydrogen-bond donors (Lipinski definition) is 1. The van der Waals surface area contributed by atoms with Crippen molar-refractivity contribution in [3.05, 3.63) is 56.5 Å². The molecule has 0 atom stereocenters. The number of hydrogen-bond acceptors (Lipinski definition) is 2. The number of benzene rings is 2. The van der Waals surface area contributed by atoms with Crippen molar-refractivity contribution in [1.29, 1.82) is 0 Å². The average Bonchev–Trinajstić information content (AvgIpc) is 2.30. The first-order chi connectivity index (χ1) is 9.70. The minimum Gasteiger partial charge on any atom is -0.278 e. The Morgan fingerprint density at radius 2 is 1.71 bits per heavy atom. The Morgan fingerprint density at radius 1 is 1.05 bits per heavy atom. The van der Waals surface area contributed by atoms with Crippen molar-refractivity contribution in [1.82, 2.24) is 0 Å². The maximum absolute atomic E-state index is 13.8. The number of nitrogens with one attached hydrogen (secondary N) is 1. The highest BCUT2D eigenvalue weighted by Crippen LogP contribution is 2.30. The summed E-state index contributed by atoms with van der Waals surface area (Å²) >= 11 is 6.09. The summed E-state index contributed by atoms with van der Waals surface area (Å²) < 4.78 is 53.9. The van der Waals surface area contributed by atoms with Gasteiger partial charge in [0, 0.05) is 15.0 Å². The molecule has 0 aliphatic rings. The van der Waals surface area contributed by atoms with Crippen LogP contribution in [0.2, 0.25) is 0 Å². The van der Waals surface area contributed by atoms with E-state index in [4.69, 9.17) is 0 Å². The van der Waals surface area contributed by atoms with Crippen LogP contribution < -0.4 is 4.72 Å². The predicted octanol–water partition coefficient (Wildman–Crippen LogP) is 4.60. The van der Waals surface area contributed by atoms with E-state index in [2.05, 4.69) is 36.6 Å². The SMILES string of the molecule is Cc1ccc(NS(=O)(=O)c2c(F)cc(F)cc2Br)c(Br)c1. The number of anilines is 1. The highest BCUT2D eigenvalue weighted by molar-refractivity contribution is 9.11. The Balaban J connectivity index is 2.48. The monoisotopic (exact) mass is 439 g/mol. The molecule has 0 aliphatic carbocycles. The minimum atomic E-state index is -4.20. The van der Waals surface area contributed by atoms with Crippen LogP contribution in [0.5, 0.6) is 0 Å². The molecule has 0 bridgehead atoms. The lowest BCUT2D eigenvalue weighted by Crippen LogP contribution is -2.16. The Bertz CT molecular complexity index is 787. The summed E-state index contributed by atoms with van der Waals surface area (Å²) in [6.07, 6.45) is 0. The number of aryl methyl sites for hydroxylation is 1. The number of sulfonamides is 1. The molecular formula is C13H9Br2F2NO2S. The van der Waals surface area contributed by atoms with Gasteiger partial charge in [0.05, 0.1) is 5.69 Å². The molecule has 0 heterocycles. The van der Waals surface area contributed by atoms with Crippen LogP contribution >= 0.6 is 31.9 Å². The Kier molecular flexibility index (Phi) is 4.69. The Labute approximate surface area is 137 Å². The van der Waals surface area contributed by atoms with Crippen molar-refractivity contribution < 1.29 is 17.2 Å². The molecule has 0 spiro atoms. The third-order valence-corrected chi connectivity index (χ3v) is 5.59. The fraction of sp³-hybridized carbons (Fsp3) is 0.0769. The maximum Gasteiger partial charge on any atom is 0.265 e. The minimum absolute atomic E-state index is 0.185. The highest BCUT2D eigenvalue weighted by atomic mass is 79.9. The van der Waals surface area contributed by atoms with Crippen LogP contribution in [-0.2, 0) is 10.0 Å². The van der Waals surface area contributed by atoms with E-state index in [1.54, 1.807) is 18.2 Å². The molecule has 0 aliphatic heterocycles. The average molecular weight is 441 g/mol. The summed E-state index contributed by atoms with van der Waals surface area (Å²) in [5.41, 5.74) is 1.19. The van der Waals surface area contributed by atoms with Crippen molar-refractivity contribution in [3.63, 3.8) is 0 Å². The second-order valence-electron chi connectivity index (χ2n) is 4.29. The van der Waals surface area contributed by atoms with Gasteiger partial charge in [0.15, 0.2) is 0 Å². The first kappa shape index (κ1) is 16.4. The second kappa shape index (κ2) is 6.02. The lowest BCUT2D eigenvalue weighted by molar-refractivity contribution is 0.548. The van der Waals surface area contributed by atoms with Crippen LogP contribution in [0, 0.1) is 18.6 Å². The largest absolute Gasteiger partial charge is 0.278 e. The van der Waals surface area contributed by atoms with Crippen molar-refractivity contribution in [3.8, 4) is 0 Å². The summed E-state index contributed by atoms with van der Waals surface area (Å²) in [5, 5.41) is 0. The number of halogens is 4. The van der Waals surface area contributed by atoms with Crippen LogP contribution in [0.4, 0.5) is 14.5 Å². The van der Waals surface area contributed by atoms with E-state index in [9.17, 15) is 17.2 Å². The molecule has 0 aromatic heterocycles. The first-order valence-corrected chi connectivity index (χ1v) is 8.71. The van der Waals surface area contributed by atoms with Gasteiger partial charge in [-0.3, -0.25) is 4.72 Å². The van der Waals surface area contributed by atoms with Gasteiger partial charge in [-0.1, -0.05) is 6.07 Å². The van der Waals surface area contributed by atoms with Gasteiger partial charge < -0.3 is 0 Å². The summed E-state index contributed by atoms with van der Waals surface area (Å²) in [7, 11) is -4.20. The van der Waals surface area contributed by atoms with E-state index >= 15 is 0 Å². The molecule has 0 saturated carbocycles. The van der Waals surface area contributed by atoms with Crippen LogP contribution in [0.15, 0.2) is 44.2 Å². The molecule has 112 valence electrons. The normalized spacial score (nSPS) is 11.5. The van der Waals surface area contributed by atoms with Crippen LogP contribution in [-0.4, -0.2) is 8.42 Å². The third-order valence-electron chi connectivity index (χ3n) is 2.60. The van der Waals surface area contributed by atoms with Crippen LogP contribution in [0.25, 0.3) is 0 Å². The van der Waals surface area contributed by atoms with Gasteiger partial charge in [0.1, 0.15) is 16.5 Å². The Hall–Kier alpha value is -0.990.